The van der Waals surface area contributed by atoms with E-state index in [9.17, 15) is 0 Å². The quantitative estimate of drug-likeness (QED) is 0.559. The first-order valence-corrected chi connectivity index (χ1v) is 8.80. The van der Waals surface area contributed by atoms with E-state index in [1.807, 2.05) is 0 Å². The Morgan fingerprint density at radius 1 is 1.00 bits per heavy atom. The van der Waals surface area contributed by atoms with Crippen LogP contribution in [0.3, 0.4) is 0 Å². The molecular formula is C8H19Cl2NTi. The topological polar surface area (TPSA) is 12.0 Å². The zero-order valence-corrected chi connectivity index (χ0v) is 11.1. The van der Waals surface area contributed by atoms with E-state index in [-0.39, 0.29) is 0 Å². The second-order valence-corrected chi connectivity index (χ2v) is 5.11. The average molecular weight is 248 g/mol. The number of hydrogen-bond donors (Lipinski definition) is 1. The molecule has 0 aromatic heterocycles. The van der Waals surface area contributed by atoms with Crippen LogP contribution in [-0.4, -0.2) is 13.1 Å². The molecule has 0 amide bonds. The molecule has 1 N–H and O–H groups in total. The van der Waals surface area contributed by atoms with E-state index in [0.717, 1.165) is 0 Å². The van der Waals surface area contributed by atoms with E-state index >= 15 is 0 Å². The maximum atomic E-state index is 4.89. The summed E-state index contributed by atoms with van der Waals surface area (Å²) in [4.78, 5) is 0. The summed E-state index contributed by atoms with van der Waals surface area (Å²) in [5.74, 6) is 0. The van der Waals surface area contributed by atoms with E-state index in [0.29, 0.717) is 0 Å². The van der Waals surface area contributed by atoms with Crippen molar-refractivity contribution in [3.05, 3.63) is 0 Å². The van der Waals surface area contributed by atoms with Crippen LogP contribution >= 0.6 is 18.6 Å². The first kappa shape index (κ1) is 15.7. The van der Waals surface area contributed by atoms with E-state index in [4.69, 9.17) is 18.6 Å². The molecule has 4 heteroatoms. The van der Waals surface area contributed by atoms with Crippen LogP contribution in [0.5, 0.6) is 0 Å². The fourth-order valence-electron chi connectivity index (χ4n) is 0.729. The third-order valence-corrected chi connectivity index (χ3v) is 1.41. The van der Waals surface area contributed by atoms with Crippen LogP contribution in [0.2, 0.25) is 0 Å². The first-order chi connectivity index (χ1) is 5.83. The summed E-state index contributed by atoms with van der Waals surface area (Å²) in [5.41, 5.74) is 0. The van der Waals surface area contributed by atoms with E-state index in [1.54, 1.807) is 0 Å². The van der Waals surface area contributed by atoms with Crippen LogP contribution in [0.25, 0.3) is 0 Å². The molecule has 0 saturated heterocycles. The minimum absolute atomic E-state index is 0.556. The van der Waals surface area contributed by atoms with Gasteiger partial charge in [-0.25, -0.2) is 0 Å². The normalized spacial score (nSPS) is 8.67. The molecule has 1 nitrogen and oxygen atoms in total. The molecular weight excluding hydrogens is 229 g/mol. The van der Waals surface area contributed by atoms with Crippen molar-refractivity contribution in [2.75, 3.05) is 13.1 Å². The van der Waals surface area contributed by atoms with E-state index in [1.165, 1.54) is 38.8 Å². The zero-order valence-electron chi connectivity index (χ0n) is 8.00. The van der Waals surface area contributed by atoms with Crippen molar-refractivity contribution >= 4 is 18.6 Å². The predicted molar refractivity (Wildman–Crippen MR) is 54.4 cm³/mol. The van der Waals surface area contributed by atoms with Crippen molar-refractivity contribution in [1.29, 1.82) is 0 Å². The van der Waals surface area contributed by atoms with E-state index < -0.39 is 17.0 Å². The molecule has 0 atom stereocenters. The van der Waals surface area contributed by atoms with Crippen LogP contribution in [-0.2, 0) is 17.0 Å². The Kier molecular flexibility index (Phi) is 23.7. The van der Waals surface area contributed by atoms with Crippen LogP contribution in [0.4, 0.5) is 0 Å². The fourth-order valence-corrected chi connectivity index (χ4v) is 0.729. The molecule has 0 aliphatic carbocycles. The summed E-state index contributed by atoms with van der Waals surface area (Å²) in [6.45, 7) is 6.86. The summed E-state index contributed by atoms with van der Waals surface area (Å²) < 4.78 is 0. The van der Waals surface area contributed by atoms with Gasteiger partial charge in [0.15, 0.2) is 0 Å². The Balaban J connectivity index is 0. The first-order valence-electron chi connectivity index (χ1n) is 4.50. The second kappa shape index (κ2) is 18.1. The summed E-state index contributed by atoms with van der Waals surface area (Å²) >= 11 is -0.556. The molecule has 0 heterocycles. The van der Waals surface area contributed by atoms with Crippen LogP contribution < -0.4 is 5.32 Å². The van der Waals surface area contributed by atoms with Gasteiger partial charge in [0.05, 0.1) is 0 Å². The van der Waals surface area contributed by atoms with Gasteiger partial charge in [0.1, 0.15) is 0 Å². The predicted octanol–water partition coefficient (Wildman–Crippen LogP) is 3.55. The number of hydrogen-bond acceptors (Lipinski definition) is 1. The van der Waals surface area contributed by atoms with Crippen LogP contribution in [0.1, 0.15) is 39.5 Å². The Morgan fingerprint density at radius 3 is 1.58 bits per heavy atom. The number of halogens is 2. The standard InChI is InChI=1S/C8H19N.2ClH.Ti/c1-3-5-7-9-8-6-4-2;;;/h9H,3-8H2,1-2H3;2*1H;/q;;;+2/p-2. The van der Waals surface area contributed by atoms with Gasteiger partial charge in [-0.05, 0) is 25.9 Å². The van der Waals surface area contributed by atoms with Gasteiger partial charge < -0.3 is 5.32 Å². The van der Waals surface area contributed by atoms with Gasteiger partial charge in [-0.3, -0.25) is 0 Å². The third-order valence-electron chi connectivity index (χ3n) is 1.41. The molecule has 0 aromatic rings. The summed E-state index contributed by atoms with van der Waals surface area (Å²) in [6.07, 6.45) is 5.26. The van der Waals surface area contributed by atoms with E-state index in [2.05, 4.69) is 19.2 Å². The molecule has 0 aliphatic heterocycles. The van der Waals surface area contributed by atoms with Gasteiger partial charge >= 0.3 is 35.6 Å². The molecule has 0 fully saturated rings. The monoisotopic (exact) mass is 247 g/mol. The number of rotatable bonds is 6. The molecule has 0 radical (unpaired) electrons. The second-order valence-electron chi connectivity index (χ2n) is 2.53. The Labute approximate surface area is 93.3 Å². The number of unbranched alkanes of at least 4 members (excludes halogenated alkanes) is 2. The minimum atomic E-state index is -0.556. The van der Waals surface area contributed by atoms with Gasteiger partial charge in [-0.2, -0.15) is 0 Å². The zero-order chi connectivity index (χ0) is 9.66. The maximum absolute atomic E-state index is 4.89. The molecule has 0 bridgehead atoms. The fraction of sp³-hybridized carbons (Fsp3) is 1.00. The SMILES string of the molecule is CCCCNCCCC.[Cl][Ti][Cl]. The third kappa shape index (κ3) is 22.5. The number of nitrogens with one attached hydrogen (secondary N) is 1. The molecule has 0 unspecified atom stereocenters. The molecule has 0 aliphatic rings. The van der Waals surface area contributed by atoms with Gasteiger partial charge in [-0.1, -0.05) is 26.7 Å². The Bertz CT molecular complexity index is 59.0. The van der Waals surface area contributed by atoms with Crippen molar-refractivity contribution in [3.63, 3.8) is 0 Å². The van der Waals surface area contributed by atoms with Crippen molar-refractivity contribution in [2.45, 2.75) is 39.5 Å². The molecule has 0 rings (SSSR count). The summed E-state index contributed by atoms with van der Waals surface area (Å²) in [7, 11) is 9.78. The van der Waals surface area contributed by atoms with Crippen molar-refractivity contribution in [2.24, 2.45) is 0 Å². The average Bonchev–Trinajstić information content (AvgIpc) is 2.06. The Morgan fingerprint density at radius 2 is 1.33 bits per heavy atom. The van der Waals surface area contributed by atoms with Crippen molar-refractivity contribution < 1.29 is 17.0 Å². The van der Waals surface area contributed by atoms with Gasteiger partial charge in [-0.15, -0.1) is 0 Å². The van der Waals surface area contributed by atoms with Crippen LogP contribution in [0.15, 0.2) is 0 Å². The van der Waals surface area contributed by atoms with Gasteiger partial charge in [0, 0.05) is 0 Å². The van der Waals surface area contributed by atoms with Crippen molar-refractivity contribution in [1.82, 2.24) is 5.32 Å². The molecule has 0 spiro atoms. The van der Waals surface area contributed by atoms with Gasteiger partial charge in [0.25, 0.3) is 0 Å². The summed E-state index contributed by atoms with van der Waals surface area (Å²) in [5, 5.41) is 3.39. The van der Waals surface area contributed by atoms with Gasteiger partial charge in [0.2, 0.25) is 0 Å². The molecule has 0 aromatic carbocycles. The molecule has 74 valence electrons. The molecule has 12 heavy (non-hydrogen) atoms. The summed E-state index contributed by atoms with van der Waals surface area (Å²) in [6, 6.07) is 0. The molecule has 0 saturated carbocycles. The van der Waals surface area contributed by atoms with Crippen LogP contribution in [0, 0.1) is 0 Å². The Hall–Kier alpha value is 1.25. The van der Waals surface area contributed by atoms with Crippen molar-refractivity contribution in [3.8, 4) is 0 Å².